The minimum absolute atomic E-state index is 0.000490. The van der Waals surface area contributed by atoms with Gasteiger partial charge in [-0.1, -0.05) is 15.9 Å². The van der Waals surface area contributed by atoms with E-state index < -0.39 is 4.92 Å². The summed E-state index contributed by atoms with van der Waals surface area (Å²) in [5.41, 5.74) is 1.27. The Bertz CT molecular complexity index is 548. The number of likely N-dealkylation sites (tertiary alicyclic amines) is 1. The van der Waals surface area contributed by atoms with Crippen LogP contribution in [0.3, 0.4) is 0 Å². The van der Waals surface area contributed by atoms with Crippen LogP contribution in [0.2, 0.25) is 0 Å². The number of benzene rings is 1. The van der Waals surface area contributed by atoms with E-state index in [-0.39, 0.29) is 11.6 Å². The van der Waals surface area contributed by atoms with E-state index in [0.717, 1.165) is 37.6 Å². The Morgan fingerprint density at radius 2 is 2.29 bits per heavy atom. The Morgan fingerprint density at radius 3 is 2.90 bits per heavy atom. The van der Waals surface area contributed by atoms with Crippen LogP contribution in [0.15, 0.2) is 18.2 Å². The predicted octanol–water partition coefficient (Wildman–Crippen LogP) is 3.68. The van der Waals surface area contributed by atoms with Crippen molar-refractivity contribution in [2.45, 2.75) is 38.6 Å². The monoisotopic (exact) mass is 354 g/mol. The van der Waals surface area contributed by atoms with Crippen LogP contribution in [0.4, 0.5) is 5.69 Å². The third-order valence-electron chi connectivity index (χ3n) is 3.96. The fourth-order valence-electron chi connectivity index (χ4n) is 2.87. The van der Waals surface area contributed by atoms with E-state index in [0.29, 0.717) is 17.2 Å². The van der Waals surface area contributed by atoms with Gasteiger partial charge in [-0.2, -0.15) is 0 Å². The van der Waals surface area contributed by atoms with Crippen LogP contribution in [0.1, 0.15) is 41.6 Å². The second-order valence-electron chi connectivity index (χ2n) is 5.38. The quantitative estimate of drug-likeness (QED) is 0.460. The largest absolute Gasteiger partial charge is 0.336 e. The summed E-state index contributed by atoms with van der Waals surface area (Å²) in [6.45, 7) is 2.53. The molecule has 0 saturated carbocycles. The van der Waals surface area contributed by atoms with Gasteiger partial charge in [0.1, 0.15) is 0 Å². The number of nitrogens with zero attached hydrogens (tertiary/aromatic N) is 2. The van der Waals surface area contributed by atoms with E-state index in [9.17, 15) is 14.9 Å². The number of hydrogen-bond donors (Lipinski definition) is 0. The van der Waals surface area contributed by atoms with Crippen molar-refractivity contribution in [3.05, 3.63) is 39.4 Å². The molecule has 0 N–H and O–H groups in total. The number of alkyl halides is 1. The molecule has 1 fully saturated rings. The van der Waals surface area contributed by atoms with Gasteiger partial charge in [-0.25, -0.2) is 0 Å². The number of rotatable bonds is 5. The lowest BCUT2D eigenvalue weighted by molar-refractivity contribution is -0.384. The van der Waals surface area contributed by atoms with E-state index in [2.05, 4.69) is 15.9 Å². The molecule has 0 aromatic heterocycles. The summed E-state index contributed by atoms with van der Waals surface area (Å²) in [4.78, 5) is 24.9. The molecule has 114 valence electrons. The zero-order valence-corrected chi connectivity index (χ0v) is 13.6. The molecule has 5 nitrogen and oxygen atoms in total. The molecule has 1 aromatic rings. The third-order valence-corrected chi connectivity index (χ3v) is 4.52. The lowest BCUT2D eigenvalue weighted by Crippen LogP contribution is -2.35. The maximum atomic E-state index is 12.7. The molecule has 1 amide bonds. The summed E-state index contributed by atoms with van der Waals surface area (Å²) in [7, 11) is 0. The van der Waals surface area contributed by atoms with Crippen LogP contribution >= 0.6 is 15.9 Å². The van der Waals surface area contributed by atoms with Crippen LogP contribution in [0.5, 0.6) is 0 Å². The van der Waals surface area contributed by atoms with Gasteiger partial charge in [-0.15, -0.1) is 0 Å². The van der Waals surface area contributed by atoms with Gasteiger partial charge in [0.15, 0.2) is 0 Å². The molecule has 1 unspecified atom stereocenters. The first-order valence-electron chi connectivity index (χ1n) is 7.16. The Kier molecular flexibility index (Phi) is 5.33. The maximum Gasteiger partial charge on any atom is 0.269 e. The van der Waals surface area contributed by atoms with Crippen LogP contribution in [-0.4, -0.2) is 33.6 Å². The average Bonchev–Trinajstić information content (AvgIpc) is 2.92. The number of aryl methyl sites for hydroxylation is 1. The number of non-ortho nitro benzene ring substituents is 1. The molecule has 1 saturated heterocycles. The number of halogens is 1. The predicted molar refractivity (Wildman–Crippen MR) is 84.9 cm³/mol. The van der Waals surface area contributed by atoms with Gasteiger partial charge in [-0.05, 0) is 44.2 Å². The summed E-state index contributed by atoms with van der Waals surface area (Å²) in [6, 6.07) is 4.75. The molecular weight excluding hydrogens is 336 g/mol. The zero-order valence-electron chi connectivity index (χ0n) is 12.0. The lowest BCUT2D eigenvalue weighted by atomic mass is 10.0. The molecule has 1 aliphatic rings. The molecule has 2 rings (SSSR count). The fraction of sp³-hybridized carbons (Fsp3) is 0.533. The van der Waals surface area contributed by atoms with E-state index in [1.54, 1.807) is 13.0 Å². The van der Waals surface area contributed by atoms with E-state index >= 15 is 0 Å². The van der Waals surface area contributed by atoms with E-state index in [1.165, 1.54) is 12.1 Å². The Labute approximate surface area is 132 Å². The van der Waals surface area contributed by atoms with Gasteiger partial charge < -0.3 is 4.90 Å². The van der Waals surface area contributed by atoms with Crippen molar-refractivity contribution in [2.75, 3.05) is 11.9 Å². The minimum Gasteiger partial charge on any atom is -0.336 e. The second-order valence-corrected chi connectivity index (χ2v) is 6.18. The molecule has 0 aliphatic carbocycles. The zero-order chi connectivity index (χ0) is 15.4. The van der Waals surface area contributed by atoms with Crippen LogP contribution in [0.25, 0.3) is 0 Å². The molecule has 1 aromatic carbocycles. The molecule has 1 atom stereocenters. The number of carbonyl (C=O) groups excluding carboxylic acids is 1. The molecule has 1 heterocycles. The van der Waals surface area contributed by atoms with Crippen molar-refractivity contribution in [3.63, 3.8) is 0 Å². The summed E-state index contributed by atoms with van der Waals surface area (Å²) >= 11 is 3.42. The first-order chi connectivity index (χ1) is 10.0. The number of hydrogen-bond acceptors (Lipinski definition) is 3. The highest BCUT2D eigenvalue weighted by Gasteiger charge is 2.29. The first-order valence-corrected chi connectivity index (χ1v) is 8.28. The Balaban J connectivity index is 2.17. The van der Waals surface area contributed by atoms with Crippen LogP contribution in [-0.2, 0) is 0 Å². The van der Waals surface area contributed by atoms with Crippen LogP contribution < -0.4 is 0 Å². The van der Waals surface area contributed by atoms with Crippen molar-refractivity contribution in [2.24, 2.45) is 0 Å². The van der Waals surface area contributed by atoms with Gasteiger partial charge in [-0.3, -0.25) is 14.9 Å². The van der Waals surface area contributed by atoms with Gasteiger partial charge in [0.05, 0.1) is 4.92 Å². The van der Waals surface area contributed by atoms with E-state index in [1.807, 2.05) is 4.90 Å². The normalized spacial score (nSPS) is 18.0. The smallest absolute Gasteiger partial charge is 0.269 e. The molecule has 1 aliphatic heterocycles. The molecule has 6 heteroatoms. The van der Waals surface area contributed by atoms with Crippen molar-refractivity contribution < 1.29 is 9.72 Å². The Hall–Kier alpha value is -1.43. The SMILES string of the molecule is Cc1cc([N+](=O)[O-])ccc1C(=O)N1CCCC1CCCBr. The van der Waals surface area contributed by atoms with Gasteiger partial charge in [0.2, 0.25) is 0 Å². The highest BCUT2D eigenvalue weighted by Crippen LogP contribution is 2.26. The van der Waals surface area contributed by atoms with Crippen molar-refractivity contribution >= 4 is 27.5 Å². The number of nitro benzene ring substituents is 1. The van der Waals surface area contributed by atoms with Crippen molar-refractivity contribution in [1.82, 2.24) is 4.90 Å². The number of nitro groups is 1. The van der Waals surface area contributed by atoms with Crippen molar-refractivity contribution in [3.8, 4) is 0 Å². The summed E-state index contributed by atoms with van der Waals surface area (Å²) in [5.74, 6) is -0.000490. The maximum absolute atomic E-state index is 12.7. The average molecular weight is 355 g/mol. The molecular formula is C15H19BrN2O3. The highest BCUT2D eigenvalue weighted by atomic mass is 79.9. The summed E-state index contributed by atoms with van der Waals surface area (Å²) in [6.07, 6.45) is 4.13. The first kappa shape index (κ1) is 15.9. The lowest BCUT2D eigenvalue weighted by Gasteiger charge is -2.25. The molecule has 0 bridgehead atoms. The van der Waals surface area contributed by atoms with E-state index in [4.69, 9.17) is 0 Å². The third kappa shape index (κ3) is 3.61. The molecule has 0 radical (unpaired) electrons. The van der Waals surface area contributed by atoms with Gasteiger partial charge in [0, 0.05) is 35.6 Å². The topological polar surface area (TPSA) is 63.5 Å². The van der Waals surface area contributed by atoms with Gasteiger partial charge in [0.25, 0.3) is 11.6 Å². The highest BCUT2D eigenvalue weighted by molar-refractivity contribution is 9.09. The number of amides is 1. The van der Waals surface area contributed by atoms with Gasteiger partial charge >= 0.3 is 0 Å². The standard InChI is InChI=1S/C15H19BrN2O3/c1-11-10-13(18(20)21)6-7-14(11)15(19)17-9-3-5-12(17)4-2-8-16/h6-7,10,12H,2-5,8-9H2,1H3. The second kappa shape index (κ2) is 7.02. The van der Waals surface area contributed by atoms with Crippen molar-refractivity contribution in [1.29, 1.82) is 0 Å². The number of carbonyl (C=O) groups is 1. The summed E-state index contributed by atoms with van der Waals surface area (Å²) < 4.78 is 0. The fourth-order valence-corrected chi connectivity index (χ4v) is 3.20. The summed E-state index contributed by atoms with van der Waals surface area (Å²) in [5, 5.41) is 11.7. The molecule has 0 spiro atoms. The Morgan fingerprint density at radius 1 is 1.52 bits per heavy atom. The minimum atomic E-state index is -0.435. The molecule has 21 heavy (non-hydrogen) atoms. The van der Waals surface area contributed by atoms with Crippen LogP contribution in [0, 0.1) is 17.0 Å².